The van der Waals surface area contributed by atoms with Crippen LogP contribution in [0.1, 0.15) is 11.1 Å². The first-order chi connectivity index (χ1) is 14.7. The van der Waals surface area contributed by atoms with Gasteiger partial charge in [0.2, 0.25) is 0 Å². The molecule has 0 unspecified atom stereocenters. The third-order valence-corrected chi connectivity index (χ3v) is 5.32. The maximum atomic E-state index is 6.14. The molecule has 0 aliphatic carbocycles. The molecule has 0 aliphatic rings. The maximum absolute atomic E-state index is 6.14. The van der Waals surface area contributed by atoms with Gasteiger partial charge in [0.05, 0.1) is 0 Å². The van der Waals surface area contributed by atoms with Crippen molar-refractivity contribution < 1.29 is 8.83 Å². The summed E-state index contributed by atoms with van der Waals surface area (Å²) in [7, 11) is 0. The minimum absolute atomic E-state index is 0.845. The third-order valence-electron chi connectivity index (χ3n) is 5.32. The molecule has 5 aromatic rings. The van der Waals surface area contributed by atoms with E-state index in [1.54, 1.807) is 0 Å². The van der Waals surface area contributed by atoms with Crippen molar-refractivity contribution in [3.8, 4) is 45.3 Å². The lowest BCUT2D eigenvalue weighted by Gasteiger charge is -2.03. The minimum atomic E-state index is 0.845. The zero-order valence-electron chi connectivity index (χ0n) is 17.1. The lowest BCUT2D eigenvalue weighted by molar-refractivity contribution is 0.595. The molecule has 146 valence electrons. The van der Waals surface area contributed by atoms with Gasteiger partial charge in [-0.05, 0) is 44.2 Å². The van der Waals surface area contributed by atoms with Crippen molar-refractivity contribution in [2.24, 2.45) is 0 Å². The molecule has 0 saturated heterocycles. The van der Waals surface area contributed by atoms with E-state index in [0.29, 0.717) is 0 Å². The predicted octanol–water partition coefficient (Wildman–Crippen LogP) is 8.16. The number of aryl methyl sites for hydroxylation is 2. The van der Waals surface area contributed by atoms with Gasteiger partial charge in [-0.25, -0.2) is 0 Å². The quantitative estimate of drug-likeness (QED) is 0.309. The van der Waals surface area contributed by atoms with Gasteiger partial charge < -0.3 is 8.83 Å². The third kappa shape index (κ3) is 3.60. The second kappa shape index (κ2) is 7.57. The van der Waals surface area contributed by atoms with Crippen LogP contribution in [-0.4, -0.2) is 0 Å². The summed E-state index contributed by atoms with van der Waals surface area (Å²) >= 11 is 0. The van der Waals surface area contributed by atoms with E-state index in [0.717, 1.165) is 45.3 Å². The largest absolute Gasteiger partial charge is 0.456 e. The van der Waals surface area contributed by atoms with E-state index in [4.69, 9.17) is 8.83 Å². The monoisotopic (exact) mass is 390 g/mol. The minimum Gasteiger partial charge on any atom is -0.456 e. The molecule has 0 saturated carbocycles. The Kier molecular flexibility index (Phi) is 4.61. The molecule has 3 aromatic carbocycles. The molecule has 0 aliphatic heterocycles. The standard InChI is InChI=1S/C28H22O2/c1-19-6-10-21(11-7-19)25-14-16-27(29-25)23-4-3-5-24(18-23)28-17-15-26(30-28)22-12-8-20(2)9-13-22/h3-18H,1-2H3. The zero-order valence-corrected chi connectivity index (χ0v) is 17.1. The fourth-order valence-electron chi connectivity index (χ4n) is 3.56. The summed E-state index contributed by atoms with van der Waals surface area (Å²) in [6.45, 7) is 4.17. The Hall–Kier alpha value is -3.78. The Morgan fingerprint density at radius 3 is 1.17 bits per heavy atom. The van der Waals surface area contributed by atoms with Crippen molar-refractivity contribution in [2.45, 2.75) is 13.8 Å². The molecule has 0 amide bonds. The average molecular weight is 390 g/mol. The van der Waals surface area contributed by atoms with Crippen molar-refractivity contribution in [1.82, 2.24) is 0 Å². The van der Waals surface area contributed by atoms with Crippen molar-refractivity contribution >= 4 is 0 Å². The molecule has 0 atom stereocenters. The molecule has 5 rings (SSSR count). The molecular formula is C28H22O2. The van der Waals surface area contributed by atoms with Crippen molar-refractivity contribution in [3.05, 3.63) is 108 Å². The summed E-state index contributed by atoms with van der Waals surface area (Å²) in [4.78, 5) is 0. The molecule has 0 radical (unpaired) electrons. The zero-order chi connectivity index (χ0) is 20.5. The van der Waals surface area contributed by atoms with Crippen LogP contribution in [0.3, 0.4) is 0 Å². The molecule has 30 heavy (non-hydrogen) atoms. The number of hydrogen-bond acceptors (Lipinski definition) is 2. The van der Waals surface area contributed by atoms with Gasteiger partial charge in [-0.2, -0.15) is 0 Å². The fraction of sp³-hybridized carbons (Fsp3) is 0.0714. The Morgan fingerprint density at radius 2 is 0.767 bits per heavy atom. The Balaban J connectivity index is 1.44. The Labute approximate surface area is 176 Å². The van der Waals surface area contributed by atoms with Gasteiger partial charge in [-0.3, -0.25) is 0 Å². The van der Waals surface area contributed by atoms with Gasteiger partial charge >= 0.3 is 0 Å². The van der Waals surface area contributed by atoms with Crippen LogP contribution in [-0.2, 0) is 0 Å². The number of hydrogen-bond donors (Lipinski definition) is 0. The van der Waals surface area contributed by atoms with Crippen LogP contribution in [0.25, 0.3) is 45.3 Å². The summed E-state index contributed by atoms with van der Waals surface area (Å²) in [5, 5.41) is 0. The van der Waals surface area contributed by atoms with Crippen molar-refractivity contribution in [2.75, 3.05) is 0 Å². The van der Waals surface area contributed by atoms with Crippen molar-refractivity contribution in [1.29, 1.82) is 0 Å². The highest BCUT2D eigenvalue weighted by Crippen LogP contribution is 2.33. The molecule has 2 heterocycles. The predicted molar refractivity (Wildman–Crippen MR) is 122 cm³/mol. The first-order valence-corrected chi connectivity index (χ1v) is 10.1. The first kappa shape index (κ1) is 18.3. The molecule has 2 nitrogen and oxygen atoms in total. The van der Waals surface area contributed by atoms with Crippen LogP contribution >= 0.6 is 0 Å². The van der Waals surface area contributed by atoms with Crippen LogP contribution in [0.15, 0.2) is 106 Å². The SMILES string of the molecule is Cc1ccc(-c2ccc(-c3cccc(-c4ccc(-c5ccc(C)cc5)o4)c3)o2)cc1. The van der Waals surface area contributed by atoms with Crippen LogP contribution < -0.4 is 0 Å². The molecular weight excluding hydrogens is 368 g/mol. The normalized spacial score (nSPS) is 11.0. The smallest absolute Gasteiger partial charge is 0.134 e. The maximum Gasteiger partial charge on any atom is 0.134 e. The van der Waals surface area contributed by atoms with Crippen LogP contribution in [0.5, 0.6) is 0 Å². The second-order valence-corrected chi connectivity index (χ2v) is 7.64. The Bertz CT molecular complexity index is 1190. The van der Waals surface area contributed by atoms with Gasteiger partial charge in [-0.1, -0.05) is 77.9 Å². The molecule has 0 N–H and O–H groups in total. The van der Waals surface area contributed by atoms with Gasteiger partial charge in [0.25, 0.3) is 0 Å². The highest BCUT2D eigenvalue weighted by Gasteiger charge is 2.11. The second-order valence-electron chi connectivity index (χ2n) is 7.64. The average Bonchev–Trinajstić information content (AvgIpc) is 3.45. The summed E-state index contributed by atoms with van der Waals surface area (Å²) in [6.07, 6.45) is 0. The topological polar surface area (TPSA) is 26.3 Å². The van der Waals surface area contributed by atoms with Gasteiger partial charge in [0, 0.05) is 22.3 Å². The van der Waals surface area contributed by atoms with Gasteiger partial charge in [0.1, 0.15) is 23.0 Å². The van der Waals surface area contributed by atoms with E-state index in [2.05, 4.69) is 80.6 Å². The lowest BCUT2D eigenvalue weighted by Crippen LogP contribution is -1.78. The summed E-state index contributed by atoms with van der Waals surface area (Å²) in [6, 6.07) is 33.1. The molecule has 2 aromatic heterocycles. The Morgan fingerprint density at radius 1 is 0.400 bits per heavy atom. The number of benzene rings is 3. The highest BCUT2D eigenvalue weighted by molar-refractivity contribution is 5.71. The molecule has 0 fully saturated rings. The van der Waals surface area contributed by atoms with E-state index >= 15 is 0 Å². The van der Waals surface area contributed by atoms with Crippen LogP contribution in [0.4, 0.5) is 0 Å². The summed E-state index contributed by atoms with van der Waals surface area (Å²) in [5.41, 5.74) is 6.69. The van der Waals surface area contributed by atoms with E-state index in [1.165, 1.54) is 11.1 Å². The molecule has 0 spiro atoms. The van der Waals surface area contributed by atoms with E-state index in [-0.39, 0.29) is 0 Å². The van der Waals surface area contributed by atoms with E-state index in [1.807, 2.05) is 30.3 Å². The number of furan rings is 2. The molecule has 2 heteroatoms. The highest BCUT2D eigenvalue weighted by atomic mass is 16.3. The van der Waals surface area contributed by atoms with E-state index < -0.39 is 0 Å². The number of rotatable bonds is 4. The first-order valence-electron chi connectivity index (χ1n) is 10.1. The van der Waals surface area contributed by atoms with Crippen molar-refractivity contribution in [3.63, 3.8) is 0 Å². The van der Waals surface area contributed by atoms with Gasteiger partial charge in [0.15, 0.2) is 0 Å². The molecule has 0 bridgehead atoms. The van der Waals surface area contributed by atoms with Crippen LogP contribution in [0, 0.1) is 13.8 Å². The summed E-state index contributed by atoms with van der Waals surface area (Å²) in [5.74, 6) is 3.43. The van der Waals surface area contributed by atoms with Gasteiger partial charge in [-0.15, -0.1) is 0 Å². The fourth-order valence-corrected chi connectivity index (χ4v) is 3.56. The van der Waals surface area contributed by atoms with Crippen LogP contribution in [0.2, 0.25) is 0 Å². The van der Waals surface area contributed by atoms with E-state index in [9.17, 15) is 0 Å². The lowest BCUT2D eigenvalue weighted by atomic mass is 10.1. The summed E-state index contributed by atoms with van der Waals surface area (Å²) < 4.78 is 12.3.